The molecule has 3 nitrogen and oxygen atoms in total. The van der Waals surface area contributed by atoms with E-state index in [1.807, 2.05) is 0 Å². The van der Waals surface area contributed by atoms with Gasteiger partial charge in [-0.1, -0.05) is 0 Å². The Labute approximate surface area is 66.1 Å². The zero-order valence-corrected chi connectivity index (χ0v) is 6.68. The second-order valence-electron chi connectivity index (χ2n) is 3.25. The van der Waals surface area contributed by atoms with Crippen LogP contribution in [0.5, 0.6) is 0 Å². The predicted octanol–water partition coefficient (Wildman–Crippen LogP) is -0.252. The molecule has 0 unspecified atom stereocenters. The smallest absolute Gasteiger partial charge is 0.248 e. The van der Waals surface area contributed by atoms with Gasteiger partial charge in [0.05, 0.1) is 0 Å². The summed E-state index contributed by atoms with van der Waals surface area (Å²) in [6, 6.07) is 0. The van der Waals surface area contributed by atoms with Gasteiger partial charge in [-0.2, -0.15) is 0 Å². The fourth-order valence-corrected chi connectivity index (χ4v) is 1.66. The van der Waals surface area contributed by atoms with E-state index < -0.39 is 0 Å². The van der Waals surface area contributed by atoms with Crippen molar-refractivity contribution in [3.05, 3.63) is 11.1 Å². The van der Waals surface area contributed by atoms with Crippen LogP contribution in [0.2, 0.25) is 0 Å². The Balaban J connectivity index is 2.24. The molecule has 11 heavy (non-hydrogen) atoms. The van der Waals surface area contributed by atoms with Gasteiger partial charge in [0.1, 0.15) is 0 Å². The van der Waals surface area contributed by atoms with Crippen molar-refractivity contribution in [1.29, 1.82) is 0 Å². The Morgan fingerprint density at radius 1 is 1.55 bits per heavy atom. The molecule has 0 saturated carbocycles. The lowest BCUT2D eigenvalue weighted by molar-refractivity contribution is -0.116. The molecule has 60 valence electrons. The number of carbonyl (C=O) groups is 1. The maximum Gasteiger partial charge on any atom is 0.248 e. The first-order valence-electron chi connectivity index (χ1n) is 3.95. The van der Waals surface area contributed by atoms with E-state index in [0.29, 0.717) is 0 Å². The zero-order chi connectivity index (χ0) is 7.84. The van der Waals surface area contributed by atoms with Crippen LogP contribution in [0.25, 0.3) is 0 Å². The van der Waals surface area contributed by atoms with Gasteiger partial charge >= 0.3 is 0 Å². The van der Waals surface area contributed by atoms with Gasteiger partial charge in [0.2, 0.25) is 5.91 Å². The third kappa shape index (κ3) is 1.05. The number of amides is 1. The van der Waals surface area contributed by atoms with Crippen LogP contribution in [0.3, 0.4) is 0 Å². The SMILES string of the molecule is CN1CCC2=C(C1)C(=O)NC2. The predicted molar refractivity (Wildman–Crippen MR) is 42.1 cm³/mol. The maximum absolute atomic E-state index is 11.2. The molecule has 0 radical (unpaired) electrons. The molecule has 0 saturated heterocycles. The first-order chi connectivity index (χ1) is 5.27. The molecule has 0 aromatic carbocycles. The third-order valence-corrected chi connectivity index (χ3v) is 2.39. The van der Waals surface area contributed by atoms with Crippen molar-refractivity contribution in [2.45, 2.75) is 6.42 Å². The molecular weight excluding hydrogens is 140 g/mol. The molecule has 0 fully saturated rings. The van der Waals surface area contributed by atoms with E-state index >= 15 is 0 Å². The normalized spacial score (nSPS) is 25.4. The van der Waals surface area contributed by atoms with E-state index in [9.17, 15) is 4.79 Å². The van der Waals surface area contributed by atoms with Crippen LogP contribution >= 0.6 is 0 Å². The van der Waals surface area contributed by atoms with Crippen LogP contribution in [0.15, 0.2) is 11.1 Å². The average Bonchev–Trinajstić information content (AvgIpc) is 2.33. The minimum atomic E-state index is 0.145. The minimum Gasteiger partial charge on any atom is -0.349 e. The molecule has 0 atom stereocenters. The summed E-state index contributed by atoms with van der Waals surface area (Å²) in [6.45, 7) is 2.72. The molecule has 0 aromatic rings. The molecule has 0 aromatic heterocycles. The van der Waals surface area contributed by atoms with Gasteiger partial charge in [-0.3, -0.25) is 4.79 Å². The van der Waals surface area contributed by atoms with Crippen molar-refractivity contribution in [1.82, 2.24) is 10.2 Å². The van der Waals surface area contributed by atoms with Crippen molar-refractivity contribution in [2.24, 2.45) is 0 Å². The Morgan fingerprint density at radius 2 is 2.36 bits per heavy atom. The van der Waals surface area contributed by atoms with E-state index in [2.05, 4.69) is 17.3 Å². The lowest BCUT2D eigenvalue weighted by Gasteiger charge is -2.22. The summed E-state index contributed by atoms with van der Waals surface area (Å²) < 4.78 is 0. The fraction of sp³-hybridized carbons (Fsp3) is 0.625. The van der Waals surface area contributed by atoms with E-state index in [0.717, 1.165) is 31.6 Å². The molecular formula is C8H12N2O. The summed E-state index contributed by atoms with van der Waals surface area (Å²) in [5.41, 5.74) is 2.34. The second-order valence-corrected chi connectivity index (χ2v) is 3.25. The van der Waals surface area contributed by atoms with Crippen LogP contribution in [-0.4, -0.2) is 37.5 Å². The second kappa shape index (κ2) is 2.34. The number of hydrogen-bond acceptors (Lipinski definition) is 2. The average molecular weight is 152 g/mol. The highest BCUT2D eigenvalue weighted by Crippen LogP contribution is 2.20. The van der Waals surface area contributed by atoms with Gasteiger partial charge < -0.3 is 10.2 Å². The van der Waals surface area contributed by atoms with E-state index in [-0.39, 0.29) is 5.91 Å². The molecule has 1 N–H and O–H groups in total. The van der Waals surface area contributed by atoms with Gasteiger partial charge in [0, 0.05) is 25.2 Å². The highest BCUT2D eigenvalue weighted by molar-refractivity contribution is 5.97. The Morgan fingerprint density at radius 3 is 3.18 bits per heavy atom. The van der Waals surface area contributed by atoms with Crippen molar-refractivity contribution in [3.63, 3.8) is 0 Å². The first kappa shape index (κ1) is 6.85. The minimum absolute atomic E-state index is 0.145. The molecule has 0 aliphatic carbocycles. The van der Waals surface area contributed by atoms with Gasteiger partial charge in [-0.05, 0) is 19.0 Å². The molecule has 0 bridgehead atoms. The summed E-state index contributed by atoms with van der Waals surface area (Å²) in [5.74, 6) is 0.145. The molecule has 1 amide bonds. The fourth-order valence-electron chi connectivity index (χ4n) is 1.66. The maximum atomic E-state index is 11.2. The first-order valence-corrected chi connectivity index (χ1v) is 3.95. The number of hydrogen-bond donors (Lipinski definition) is 1. The monoisotopic (exact) mass is 152 g/mol. The van der Waals surface area contributed by atoms with Crippen LogP contribution in [0.1, 0.15) is 6.42 Å². The van der Waals surface area contributed by atoms with Gasteiger partial charge in [-0.25, -0.2) is 0 Å². The summed E-state index contributed by atoms with van der Waals surface area (Å²) in [7, 11) is 2.05. The van der Waals surface area contributed by atoms with E-state index in [4.69, 9.17) is 0 Å². The number of nitrogens with one attached hydrogen (secondary N) is 1. The van der Waals surface area contributed by atoms with Crippen molar-refractivity contribution in [2.75, 3.05) is 26.7 Å². The zero-order valence-electron chi connectivity index (χ0n) is 6.68. The van der Waals surface area contributed by atoms with Gasteiger partial charge in [0.15, 0.2) is 0 Å². The molecule has 2 rings (SSSR count). The largest absolute Gasteiger partial charge is 0.349 e. The van der Waals surface area contributed by atoms with Crippen LogP contribution in [0.4, 0.5) is 0 Å². The number of rotatable bonds is 0. The topological polar surface area (TPSA) is 32.3 Å². The summed E-state index contributed by atoms with van der Waals surface area (Å²) in [6.07, 6.45) is 1.06. The molecule has 2 aliphatic heterocycles. The number of nitrogens with zero attached hydrogens (tertiary/aromatic N) is 1. The molecule has 2 aliphatic rings. The summed E-state index contributed by atoms with van der Waals surface area (Å²) in [4.78, 5) is 13.3. The van der Waals surface area contributed by atoms with Gasteiger partial charge in [0.25, 0.3) is 0 Å². The van der Waals surface area contributed by atoms with Crippen LogP contribution < -0.4 is 5.32 Å². The van der Waals surface area contributed by atoms with E-state index in [1.54, 1.807) is 0 Å². The quantitative estimate of drug-likeness (QED) is 0.519. The molecule has 0 spiro atoms. The number of carbonyl (C=O) groups excluding carboxylic acids is 1. The van der Waals surface area contributed by atoms with E-state index in [1.165, 1.54) is 5.57 Å². The standard InChI is InChI=1S/C8H12N2O/c1-10-3-2-6-4-9-8(11)7(6)5-10/h2-5H2,1H3,(H,9,11). The molecule has 3 heteroatoms. The van der Waals surface area contributed by atoms with Crippen molar-refractivity contribution < 1.29 is 4.79 Å². The van der Waals surface area contributed by atoms with Crippen LogP contribution in [0, 0.1) is 0 Å². The van der Waals surface area contributed by atoms with Crippen LogP contribution in [-0.2, 0) is 4.79 Å². The Hall–Kier alpha value is -0.830. The van der Waals surface area contributed by atoms with Crippen molar-refractivity contribution in [3.8, 4) is 0 Å². The highest BCUT2D eigenvalue weighted by Gasteiger charge is 2.26. The third-order valence-electron chi connectivity index (χ3n) is 2.39. The summed E-state index contributed by atoms with van der Waals surface area (Å²) >= 11 is 0. The van der Waals surface area contributed by atoms with Crippen molar-refractivity contribution >= 4 is 5.91 Å². The Kier molecular flexibility index (Phi) is 1.46. The number of likely N-dealkylation sites (N-methyl/N-ethyl adjacent to an activating group) is 1. The van der Waals surface area contributed by atoms with Gasteiger partial charge in [-0.15, -0.1) is 0 Å². The molecule has 2 heterocycles. The lowest BCUT2D eigenvalue weighted by Crippen LogP contribution is -2.29. The lowest BCUT2D eigenvalue weighted by atomic mass is 10.0. The highest BCUT2D eigenvalue weighted by atomic mass is 16.1. The summed E-state index contributed by atoms with van der Waals surface area (Å²) in [5, 5.41) is 2.84. The Bertz CT molecular complexity index is 232.